The Labute approximate surface area is 99.0 Å². The monoisotopic (exact) mass is 230 g/mol. The lowest BCUT2D eigenvalue weighted by atomic mass is 10.1. The molecule has 4 N–H and O–H groups in total. The van der Waals surface area contributed by atoms with E-state index < -0.39 is 0 Å². The zero-order valence-electron chi connectivity index (χ0n) is 9.53. The van der Waals surface area contributed by atoms with E-state index >= 15 is 0 Å². The molecule has 0 spiro atoms. The Morgan fingerprint density at radius 3 is 3.00 bits per heavy atom. The zero-order chi connectivity index (χ0) is 12.3. The Hall–Kier alpha value is -2.30. The number of H-pyrrole nitrogens is 1. The van der Waals surface area contributed by atoms with Crippen molar-refractivity contribution in [3.05, 3.63) is 36.0 Å². The fourth-order valence-electron chi connectivity index (χ4n) is 1.61. The minimum absolute atomic E-state index is 0.0903. The van der Waals surface area contributed by atoms with Crippen molar-refractivity contribution in [3.8, 4) is 11.3 Å². The highest BCUT2D eigenvalue weighted by Gasteiger charge is 2.08. The first-order valence-corrected chi connectivity index (χ1v) is 5.40. The Morgan fingerprint density at radius 2 is 2.35 bits per heavy atom. The summed E-state index contributed by atoms with van der Waals surface area (Å²) in [5.41, 5.74) is 8.52. The number of carbonyl (C=O) groups is 1. The summed E-state index contributed by atoms with van der Waals surface area (Å²) in [6.45, 7) is 2.49. The van der Waals surface area contributed by atoms with Crippen LogP contribution in [-0.2, 0) is 0 Å². The number of anilines is 1. The van der Waals surface area contributed by atoms with Gasteiger partial charge < -0.3 is 11.1 Å². The van der Waals surface area contributed by atoms with Gasteiger partial charge in [-0.05, 0) is 19.1 Å². The van der Waals surface area contributed by atoms with Crippen molar-refractivity contribution < 1.29 is 4.79 Å². The van der Waals surface area contributed by atoms with Gasteiger partial charge in [0.15, 0.2) is 0 Å². The summed E-state index contributed by atoms with van der Waals surface area (Å²) in [6, 6.07) is 7.25. The van der Waals surface area contributed by atoms with Crippen molar-refractivity contribution in [2.24, 2.45) is 0 Å². The molecule has 0 saturated carbocycles. The molecule has 1 aromatic heterocycles. The van der Waals surface area contributed by atoms with E-state index in [0.29, 0.717) is 17.8 Å². The molecule has 0 radical (unpaired) electrons. The van der Waals surface area contributed by atoms with Gasteiger partial charge in [0.25, 0.3) is 5.91 Å². The van der Waals surface area contributed by atoms with Crippen molar-refractivity contribution in [2.45, 2.75) is 6.92 Å². The van der Waals surface area contributed by atoms with Crippen molar-refractivity contribution >= 4 is 11.6 Å². The van der Waals surface area contributed by atoms with Crippen LogP contribution in [0.5, 0.6) is 0 Å². The minimum Gasteiger partial charge on any atom is -0.396 e. The Morgan fingerprint density at radius 1 is 1.53 bits per heavy atom. The van der Waals surface area contributed by atoms with E-state index in [-0.39, 0.29) is 5.91 Å². The average molecular weight is 230 g/mol. The highest BCUT2D eigenvalue weighted by atomic mass is 16.1. The number of nitrogens with zero attached hydrogens (tertiary/aromatic N) is 1. The minimum atomic E-state index is -0.0903. The third kappa shape index (κ3) is 2.28. The lowest BCUT2D eigenvalue weighted by Gasteiger charge is -2.04. The maximum atomic E-state index is 11.7. The molecule has 0 aliphatic carbocycles. The predicted molar refractivity (Wildman–Crippen MR) is 66.4 cm³/mol. The number of benzene rings is 1. The van der Waals surface area contributed by atoms with Crippen LogP contribution in [0.2, 0.25) is 0 Å². The van der Waals surface area contributed by atoms with Crippen LogP contribution in [0.25, 0.3) is 11.3 Å². The largest absolute Gasteiger partial charge is 0.396 e. The topological polar surface area (TPSA) is 83.8 Å². The molecule has 0 atom stereocenters. The SMILES string of the molecule is CCNC(=O)c1cccc(-c2[nH]ncc2N)c1. The van der Waals surface area contributed by atoms with Gasteiger partial charge in [0.2, 0.25) is 0 Å². The molecule has 1 aromatic carbocycles. The van der Waals surface area contributed by atoms with Gasteiger partial charge in [-0.1, -0.05) is 12.1 Å². The summed E-state index contributed by atoms with van der Waals surface area (Å²) in [7, 11) is 0. The molecule has 0 unspecified atom stereocenters. The fourth-order valence-corrected chi connectivity index (χ4v) is 1.61. The first-order valence-electron chi connectivity index (χ1n) is 5.40. The summed E-state index contributed by atoms with van der Waals surface area (Å²) < 4.78 is 0. The van der Waals surface area contributed by atoms with Gasteiger partial charge in [0, 0.05) is 17.7 Å². The van der Waals surface area contributed by atoms with Crippen molar-refractivity contribution in [1.29, 1.82) is 0 Å². The summed E-state index contributed by atoms with van der Waals surface area (Å²) in [6.07, 6.45) is 1.55. The van der Waals surface area contributed by atoms with E-state index in [1.165, 1.54) is 0 Å². The van der Waals surface area contributed by atoms with Crippen LogP contribution in [0.4, 0.5) is 5.69 Å². The average Bonchev–Trinajstić information content (AvgIpc) is 2.76. The molecule has 0 bridgehead atoms. The third-order valence-corrected chi connectivity index (χ3v) is 2.42. The highest BCUT2D eigenvalue weighted by Crippen LogP contribution is 2.23. The van der Waals surface area contributed by atoms with Crippen LogP contribution in [0.15, 0.2) is 30.5 Å². The molecule has 0 saturated heterocycles. The number of nitrogens with two attached hydrogens (primary N) is 1. The first-order chi connectivity index (χ1) is 8.22. The van der Waals surface area contributed by atoms with E-state index in [9.17, 15) is 4.79 Å². The molecule has 0 aliphatic heterocycles. The van der Waals surface area contributed by atoms with Gasteiger partial charge in [-0.2, -0.15) is 5.10 Å². The van der Waals surface area contributed by atoms with Crippen molar-refractivity contribution in [2.75, 3.05) is 12.3 Å². The van der Waals surface area contributed by atoms with E-state index in [4.69, 9.17) is 5.73 Å². The normalized spacial score (nSPS) is 10.2. The van der Waals surface area contributed by atoms with Crippen LogP contribution in [0, 0.1) is 0 Å². The highest BCUT2D eigenvalue weighted by molar-refractivity contribution is 5.95. The molecule has 88 valence electrons. The summed E-state index contributed by atoms with van der Waals surface area (Å²) in [5.74, 6) is -0.0903. The van der Waals surface area contributed by atoms with E-state index in [2.05, 4.69) is 15.5 Å². The number of aromatic amines is 1. The van der Waals surface area contributed by atoms with Crippen LogP contribution in [0.3, 0.4) is 0 Å². The van der Waals surface area contributed by atoms with Crippen LogP contribution >= 0.6 is 0 Å². The van der Waals surface area contributed by atoms with Crippen LogP contribution < -0.4 is 11.1 Å². The van der Waals surface area contributed by atoms with Gasteiger partial charge in [-0.15, -0.1) is 0 Å². The van der Waals surface area contributed by atoms with Crippen molar-refractivity contribution in [1.82, 2.24) is 15.5 Å². The molecule has 5 nitrogen and oxygen atoms in total. The second kappa shape index (κ2) is 4.69. The molecular weight excluding hydrogens is 216 g/mol. The number of rotatable bonds is 3. The smallest absolute Gasteiger partial charge is 0.251 e. The first kappa shape index (κ1) is 11.2. The Kier molecular flexibility index (Phi) is 3.09. The lowest BCUT2D eigenvalue weighted by Crippen LogP contribution is -2.22. The maximum Gasteiger partial charge on any atom is 0.251 e. The van der Waals surface area contributed by atoms with Gasteiger partial charge in [-0.25, -0.2) is 0 Å². The van der Waals surface area contributed by atoms with Crippen LogP contribution in [0.1, 0.15) is 17.3 Å². The quantitative estimate of drug-likeness (QED) is 0.745. The van der Waals surface area contributed by atoms with Gasteiger partial charge in [0.1, 0.15) is 0 Å². The summed E-state index contributed by atoms with van der Waals surface area (Å²) in [5, 5.41) is 9.42. The van der Waals surface area contributed by atoms with Gasteiger partial charge >= 0.3 is 0 Å². The second-order valence-electron chi connectivity index (χ2n) is 3.64. The molecule has 0 fully saturated rings. The van der Waals surface area contributed by atoms with Crippen molar-refractivity contribution in [3.63, 3.8) is 0 Å². The molecule has 0 aliphatic rings. The second-order valence-corrected chi connectivity index (χ2v) is 3.64. The number of nitrogen functional groups attached to an aromatic ring is 1. The summed E-state index contributed by atoms with van der Waals surface area (Å²) >= 11 is 0. The van der Waals surface area contributed by atoms with E-state index in [1.807, 2.05) is 19.1 Å². The summed E-state index contributed by atoms with van der Waals surface area (Å²) in [4.78, 5) is 11.7. The Bertz CT molecular complexity index is 533. The fraction of sp³-hybridized carbons (Fsp3) is 0.167. The number of amides is 1. The molecule has 2 aromatic rings. The lowest BCUT2D eigenvalue weighted by molar-refractivity contribution is 0.0956. The molecule has 1 amide bonds. The van der Waals surface area contributed by atoms with Crippen LogP contribution in [-0.4, -0.2) is 22.6 Å². The molecular formula is C12H14N4O. The number of nitrogens with one attached hydrogen (secondary N) is 2. The maximum absolute atomic E-state index is 11.7. The molecule has 1 heterocycles. The third-order valence-electron chi connectivity index (χ3n) is 2.42. The molecule has 5 heteroatoms. The van der Waals surface area contributed by atoms with Gasteiger partial charge in [0.05, 0.1) is 17.6 Å². The number of carbonyl (C=O) groups excluding carboxylic acids is 1. The Balaban J connectivity index is 2.35. The van der Waals surface area contributed by atoms with Gasteiger partial charge in [-0.3, -0.25) is 9.89 Å². The predicted octanol–water partition coefficient (Wildman–Crippen LogP) is 1.41. The number of aromatic nitrogens is 2. The zero-order valence-corrected chi connectivity index (χ0v) is 9.53. The molecule has 17 heavy (non-hydrogen) atoms. The van der Waals surface area contributed by atoms with E-state index in [1.54, 1.807) is 18.3 Å². The standard InChI is InChI=1S/C12H14N4O/c1-2-14-12(17)9-5-3-4-8(6-9)11-10(13)7-15-16-11/h3-7H,2,13H2,1H3,(H,14,17)(H,15,16). The number of hydrogen-bond acceptors (Lipinski definition) is 3. The number of hydrogen-bond donors (Lipinski definition) is 3. The van der Waals surface area contributed by atoms with E-state index in [0.717, 1.165) is 11.3 Å². The molecule has 2 rings (SSSR count).